The van der Waals surface area contributed by atoms with Crippen molar-refractivity contribution in [3.05, 3.63) is 47.0 Å². The van der Waals surface area contributed by atoms with Gasteiger partial charge in [0.05, 0.1) is 11.6 Å². The van der Waals surface area contributed by atoms with E-state index in [-0.39, 0.29) is 45.5 Å². The van der Waals surface area contributed by atoms with Gasteiger partial charge in [-0.05, 0) is 113 Å². The molecule has 0 spiro atoms. The second kappa shape index (κ2) is 9.94. The lowest BCUT2D eigenvalue weighted by Crippen LogP contribution is -2.67. The fourth-order valence-corrected chi connectivity index (χ4v) is 11.8. The van der Waals surface area contributed by atoms with Gasteiger partial charge >= 0.3 is 6.03 Å². The predicted molar refractivity (Wildman–Crippen MR) is 168 cm³/mol. The van der Waals surface area contributed by atoms with Gasteiger partial charge in [-0.15, -0.1) is 0 Å². The fraction of sp³-hybridized carbons (Fsp3) is 0.730. The van der Waals surface area contributed by atoms with Gasteiger partial charge in [-0.3, -0.25) is 4.79 Å². The summed E-state index contributed by atoms with van der Waals surface area (Å²) >= 11 is 0. The van der Waals surface area contributed by atoms with E-state index in [1.54, 1.807) is 0 Å². The number of hydrogen-bond acceptors (Lipinski definition) is 3. The predicted octanol–water partition coefficient (Wildman–Crippen LogP) is 7.58. The summed E-state index contributed by atoms with van der Waals surface area (Å²) in [6.45, 7) is 17.1. The van der Waals surface area contributed by atoms with Gasteiger partial charge in [0.25, 0.3) is 0 Å². The lowest BCUT2D eigenvalue weighted by Gasteiger charge is -2.72. The smallest absolute Gasteiger partial charge is 0.315 e. The van der Waals surface area contributed by atoms with Gasteiger partial charge in [-0.2, -0.15) is 0 Å². The average molecular weight is 575 g/mol. The largest absolute Gasteiger partial charge is 0.393 e. The van der Waals surface area contributed by atoms with E-state index >= 15 is 0 Å². The molecule has 5 heteroatoms. The number of urea groups is 1. The van der Waals surface area contributed by atoms with Crippen LogP contribution >= 0.6 is 0 Å². The molecule has 42 heavy (non-hydrogen) atoms. The molecule has 2 amide bonds. The number of nitrogens with one attached hydrogen (secondary N) is 2. The van der Waals surface area contributed by atoms with Gasteiger partial charge in [0.2, 0.25) is 0 Å². The summed E-state index contributed by atoms with van der Waals surface area (Å²) in [5.41, 5.74) is 3.14. The van der Waals surface area contributed by atoms with Crippen LogP contribution in [-0.4, -0.2) is 28.6 Å². The second-order valence-electron chi connectivity index (χ2n) is 16.4. The first-order valence-electron chi connectivity index (χ1n) is 16.8. The summed E-state index contributed by atoms with van der Waals surface area (Å²) in [5, 5.41) is 17.5. The second-order valence-corrected chi connectivity index (χ2v) is 16.4. The minimum atomic E-state index is -0.580. The number of fused-ring (bicyclic) bond motifs is 7. The maximum absolute atomic E-state index is 13.8. The molecule has 8 atom stereocenters. The van der Waals surface area contributed by atoms with Crippen molar-refractivity contribution >= 4 is 11.8 Å². The molecule has 5 aliphatic rings. The first-order valence-corrected chi connectivity index (χ1v) is 16.8. The van der Waals surface area contributed by atoms with E-state index in [2.05, 4.69) is 59.1 Å². The van der Waals surface area contributed by atoms with E-state index in [0.717, 1.165) is 56.1 Å². The molecular weight excluding hydrogens is 520 g/mol. The highest BCUT2D eigenvalue weighted by Crippen LogP contribution is 2.75. The normalized spacial score (nSPS) is 42.4. The number of carbonyl (C=O) groups excluding carboxylic acids is 2. The highest BCUT2D eigenvalue weighted by atomic mass is 16.3. The third-order valence-electron chi connectivity index (χ3n) is 14.1. The molecule has 0 aliphatic heterocycles. The fourth-order valence-electron chi connectivity index (χ4n) is 11.8. The Kier molecular flexibility index (Phi) is 7.08. The number of aliphatic hydroxyl groups excluding tert-OH is 1. The number of amides is 2. The molecule has 0 unspecified atom stereocenters. The van der Waals surface area contributed by atoms with E-state index in [4.69, 9.17) is 0 Å². The van der Waals surface area contributed by atoms with Crippen molar-refractivity contribution in [2.24, 2.45) is 45.3 Å². The van der Waals surface area contributed by atoms with Crippen LogP contribution < -0.4 is 10.6 Å². The Balaban J connectivity index is 1.34. The van der Waals surface area contributed by atoms with Crippen LogP contribution in [-0.2, 0) is 11.3 Å². The molecule has 5 nitrogen and oxygen atoms in total. The summed E-state index contributed by atoms with van der Waals surface area (Å²) in [6.07, 6.45) is 8.61. The highest BCUT2D eigenvalue weighted by Gasteiger charge is 2.70. The zero-order valence-electron chi connectivity index (χ0n) is 27.1. The van der Waals surface area contributed by atoms with Gasteiger partial charge in [0, 0.05) is 13.0 Å². The maximum atomic E-state index is 13.8. The van der Waals surface area contributed by atoms with Gasteiger partial charge < -0.3 is 15.7 Å². The van der Waals surface area contributed by atoms with E-state index in [9.17, 15) is 14.7 Å². The van der Waals surface area contributed by atoms with Crippen LogP contribution in [0.15, 0.2) is 41.5 Å². The van der Waals surface area contributed by atoms with Crippen LogP contribution in [0.25, 0.3) is 0 Å². The molecule has 5 aliphatic carbocycles. The summed E-state index contributed by atoms with van der Waals surface area (Å²) < 4.78 is 0. The molecule has 4 fully saturated rings. The maximum Gasteiger partial charge on any atom is 0.315 e. The lowest BCUT2D eigenvalue weighted by atomic mass is 9.33. The van der Waals surface area contributed by atoms with Crippen LogP contribution in [0.4, 0.5) is 4.79 Å². The first-order chi connectivity index (χ1) is 19.7. The van der Waals surface area contributed by atoms with Crippen LogP contribution in [0.1, 0.15) is 112 Å². The summed E-state index contributed by atoms with van der Waals surface area (Å²) in [5.74, 6) is 1.81. The Hall–Kier alpha value is -2.14. The number of benzene rings is 1. The quantitative estimate of drug-likeness (QED) is 0.347. The molecule has 0 heterocycles. The van der Waals surface area contributed by atoms with Crippen molar-refractivity contribution in [1.29, 1.82) is 0 Å². The summed E-state index contributed by atoms with van der Waals surface area (Å²) in [6, 6.07) is 9.83. The van der Waals surface area contributed by atoms with Crippen molar-refractivity contribution in [3.8, 4) is 0 Å². The zero-order chi connectivity index (χ0) is 30.3. The Morgan fingerprint density at radius 3 is 2.31 bits per heavy atom. The van der Waals surface area contributed by atoms with Gasteiger partial charge in [0.1, 0.15) is 0 Å². The number of carbonyl (C=O) groups is 2. The molecular formula is C37H54N2O3. The van der Waals surface area contributed by atoms with E-state index in [1.165, 1.54) is 12.0 Å². The number of hydrogen-bond donors (Lipinski definition) is 3. The standard InChI is InChI=1S/C37H54N2O3/c1-23(2)30-26(40)21-37(39-32(42)38-22-24-11-9-8-10-12-24)20-19-35(6)25(31(30)37)13-14-28-34(5)17-16-29(41)33(3,4)27(34)15-18-36(28,35)7/h8-12,23,25,27-29,41H,13-22H2,1-7H3,(H2,38,39,42)/t25-,27+,28-,29+,34+,35-,36-,37-/m1/s1. The summed E-state index contributed by atoms with van der Waals surface area (Å²) in [7, 11) is 0. The summed E-state index contributed by atoms with van der Waals surface area (Å²) in [4.78, 5) is 27.2. The van der Waals surface area contributed by atoms with Gasteiger partial charge in [-0.1, -0.05) is 78.8 Å². The molecule has 0 radical (unpaired) electrons. The highest BCUT2D eigenvalue weighted by molar-refractivity contribution is 6.02. The van der Waals surface area contributed by atoms with Crippen LogP contribution in [0.2, 0.25) is 0 Å². The van der Waals surface area contributed by atoms with Crippen molar-refractivity contribution in [3.63, 3.8) is 0 Å². The molecule has 1 aromatic carbocycles. The van der Waals surface area contributed by atoms with Crippen LogP contribution in [0.3, 0.4) is 0 Å². The lowest BCUT2D eigenvalue weighted by molar-refractivity contribution is -0.226. The topological polar surface area (TPSA) is 78.4 Å². The first kappa shape index (κ1) is 29.9. The molecule has 0 bridgehead atoms. The van der Waals surface area contributed by atoms with Crippen molar-refractivity contribution in [2.45, 2.75) is 124 Å². The van der Waals surface area contributed by atoms with E-state index < -0.39 is 5.54 Å². The SMILES string of the molecule is CC(C)C1=C2[C@H]3CC[C@@H]4[C@@]5(C)CC[C@H](O)C(C)(C)[C@@H]5CC[C@@]4(C)[C@]3(C)CC[C@@]2(NC(=O)NCc2ccccc2)CC1=O. The van der Waals surface area contributed by atoms with Crippen LogP contribution in [0.5, 0.6) is 0 Å². The minimum Gasteiger partial charge on any atom is -0.393 e. The van der Waals surface area contributed by atoms with Crippen LogP contribution in [0, 0.1) is 45.3 Å². The van der Waals surface area contributed by atoms with Gasteiger partial charge in [0.15, 0.2) is 5.78 Å². The van der Waals surface area contributed by atoms with Crippen molar-refractivity contribution in [2.75, 3.05) is 0 Å². The monoisotopic (exact) mass is 574 g/mol. The third kappa shape index (κ3) is 4.11. The number of Topliss-reactive ketones (excluding diaryl/α,β-unsaturated/α-hetero) is 1. The zero-order valence-corrected chi connectivity index (χ0v) is 27.1. The third-order valence-corrected chi connectivity index (χ3v) is 14.1. The molecule has 3 N–H and O–H groups in total. The number of allylic oxidation sites excluding steroid dienone is 1. The van der Waals surface area contributed by atoms with Crippen molar-refractivity contribution < 1.29 is 14.7 Å². The Labute approximate surface area is 253 Å². The molecule has 4 saturated carbocycles. The van der Waals surface area contributed by atoms with Gasteiger partial charge in [-0.25, -0.2) is 4.79 Å². The number of ketones is 1. The molecule has 230 valence electrons. The van der Waals surface area contributed by atoms with Crippen molar-refractivity contribution in [1.82, 2.24) is 10.6 Å². The molecule has 1 aromatic rings. The Morgan fingerprint density at radius 2 is 1.62 bits per heavy atom. The molecule has 0 aromatic heterocycles. The Morgan fingerprint density at radius 1 is 0.905 bits per heavy atom. The number of aliphatic hydroxyl groups is 1. The molecule has 0 saturated heterocycles. The minimum absolute atomic E-state index is 0.0595. The average Bonchev–Trinajstić information content (AvgIpc) is 3.22. The Bertz CT molecular complexity index is 1280. The molecule has 6 rings (SSSR count). The number of rotatable bonds is 4. The van der Waals surface area contributed by atoms with E-state index in [1.807, 2.05) is 30.3 Å². The van der Waals surface area contributed by atoms with E-state index in [0.29, 0.717) is 30.7 Å².